The molecule has 2 rings (SSSR count). The van der Waals surface area contributed by atoms with Crippen LogP contribution in [0.5, 0.6) is 5.75 Å². The maximum Gasteiger partial charge on any atom is 0.295 e. The lowest BCUT2D eigenvalue weighted by Crippen LogP contribution is -2.34. The number of rotatable bonds is 4. The minimum Gasteiger partial charge on any atom is -0.497 e. The monoisotopic (exact) mass is 276 g/mol. The summed E-state index contributed by atoms with van der Waals surface area (Å²) in [6.07, 6.45) is 0.314. The third-order valence-corrected chi connectivity index (χ3v) is 2.92. The van der Waals surface area contributed by atoms with Crippen molar-refractivity contribution in [3.05, 3.63) is 28.6 Å². The second-order valence-corrected chi connectivity index (χ2v) is 4.21. The van der Waals surface area contributed by atoms with Crippen molar-refractivity contribution in [3.8, 4) is 5.75 Å². The van der Waals surface area contributed by atoms with Crippen LogP contribution in [0.3, 0.4) is 0 Å². The fourth-order valence-electron chi connectivity index (χ4n) is 1.74. The van der Waals surface area contributed by atoms with Gasteiger partial charge in [0.1, 0.15) is 5.75 Å². The molecular weight excluding hydrogens is 260 g/mol. The van der Waals surface area contributed by atoms with Crippen LogP contribution in [0.15, 0.2) is 23.0 Å². The number of ether oxygens (including phenoxy) is 1. The Balaban J connectivity index is 2.47. The Kier molecular flexibility index (Phi) is 3.88. The molecule has 1 amide bonds. The van der Waals surface area contributed by atoms with E-state index < -0.39 is 0 Å². The van der Waals surface area contributed by atoms with Crippen molar-refractivity contribution in [2.24, 2.45) is 7.05 Å². The zero-order chi connectivity index (χ0) is 14.7. The standard InChI is InChI=1S/C13H16N4O3/c1-4-11(18)15-16-12-13(19)17(2)10-6-5-8(20-3)7-9(10)14-12/h5-7H,4H2,1-3H3,(H,14,16)(H,15,18). The molecule has 0 aliphatic carbocycles. The van der Waals surface area contributed by atoms with Gasteiger partial charge in [-0.05, 0) is 12.1 Å². The summed E-state index contributed by atoms with van der Waals surface area (Å²) in [6, 6.07) is 5.24. The minimum absolute atomic E-state index is 0.0649. The van der Waals surface area contributed by atoms with Gasteiger partial charge >= 0.3 is 0 Å². The molecule has 0 radical (unpaired) electrons. The normalized spacial score (nSPS) is 10.3. The Hall–Kier alpha value is -2.57. The molecule has 0 fully saturated rings. The van der Waals surface area contributed by atoms with Crippen LogP contribution in [0.2, 0.25) is 0 Å². The third kappa shape index (κ3) is 2.56. The minimum atomic E-state index is -0.320. The van der Waals surface area contributed by atoms with Crippen LogP contribution in [0, 0.1) is 0 Å². The van der Waals surface area contributed by atoms with Gasteiger partial charge in [-0.2, -0.15) is 0 Å². The van der Waals surface area contributed by atoms with Gasteiger partial charge in [0, 0.05) is 19.5 Å². The lowest BCUT2D eigenvalue weighted by atomic mass is 10.3. The van der Waals surface area contributed by atoms with E-state index in [9.17, 15) is 9.59 Å². The van der Waals surface area contributed by atoms with Crippen LogP contribution in [0.1, 0.15) is 13.3 Å². The topological polar surface area (TPSA) is 85.2 Å². The summed E-state index contributed by atoms with van der Waals surface area (Å²) >= 11 is 0. The van der Waals surface area contributed by atoms with E-state index in [1.807, 2.05) is 0 Å². The van der Waals surface area contributed by atoms with Crippen LogP contribution < -0.4 is 21.1 Å². The Morgan fingerprint density at radius 3 is 2.85 bits per heavy atom. The molecule has 1 aromatic heterocycles. The highest BCUT2D eigenvalue weighted by Crippen LogP contribution is 2.18. The first-order valence-corrected chi connectivity index (χ1v) is 6.16. The molecular formula is C13H16N4O3. The van der Waals surface area contributed by atoms with Gasteiger partial charge in [0.2, 0.25) is 11.7 Å². The molecule has 0 unspecified atom stereocenters. The van der Waals surface area contributed by atoms with Crippen molar-refractivity contribution >= 4 is 22.8 Å². The van der Waals surface area contributed by atoms with Gasteiger partial charge in [-0.25, -0.2) is 4.98 Å². The van der Waals surface area contributed by atoms with E-state index >= 15 is 0 Å². The molecule has 20 heavy (non-hydrogen) atoms. The van der Waals surface area contributed by atoms with Crippen molar-refractivity contribution in [2.75, 3.05) is 12.5 Å². The second kappa shape index (κ2) is 5.60. The molecule has 0 atom stereocenters. The first-order chi connectivity index (χ1) is 9.56. The van der Waals surface area contributed by atoms with Crippen molar-refractivity contribution in [2.45, 2.75) is 13.3 Å². The van der Waals surface area contributed by atoms with Crippen LogP contribution in [-0.2, 0) is 11.8 Å². The fraction of sp³-hybridized carbons (Fsp3) is 0.308. The van der Waals surface area contributed by atoms with E-state index in [4.69, 9.17) is 4.74 Å². The van der Waals surface area contributed by atoms with Gasteiger partial charge in [-0.3, -0.25) is 20.4 Å². The molecule has 0 bridgehead atoms. The average molecular weight is 276 g/mol. The maximum absolute atomic E-state index is 12.1. The quantitative estimate of drug-likeness (QED) is 0.807. The molecule has 2 N–H and O–H groups in total. The third-order valence-electron chi connectivity index (χ3n) is 2.92. The van der Waals surface area contributed by atoms with Crippen molar-refractivity contribution in [1.82, 2.24) is 15.0 Å². The molecule has 0 saturated heterocycles. The second-order valence-electron chi connectivity index (χ2n) is 4.21. The lowest BCUT2D eigenvalue weighted by Gasteiger charge is -2.11. The number of nitrogens with zero attached hydrogens (tertiary/aromatic N) is 2. The number of hydrazine groups is 1. The Labute approximate surface area is 115 Å². The SMILES string of the molecule is CCC(=O)NNc1nc2cc(OC)ccc2n(C)c1=O. The molecule has 0 aliphatic heterocycles. The highest BCUT2D eigenvalue weighted by molar-refractivity contribution is 5.79. The summed E-state index contributed by atoms with van der Waals surface area (Å²) in [4.78, 5) is 27.5. The Bertz CT molecular complexity index is 709. The maximum atomic E-state index is 12.1. The molecule has 7 heteroatoms. The number of hydrogen-bond acceptors (Lipinski definition) is 5. The predicted octanol–water partition coefficient (Wildman–Crippen LogP) is 0.795. The highest BCUT2D eigenvalue weighted by Gasteiger charge is 2.09. The number of hydrogen-bond donors (Lipinski definition) is 2. The first kappa shape index (κ1) is 13.9. The summed E-state index contributed by atoms with van der Waals surface area (Å²) in [6.45, 7) is 1.72. The number of carbonyl (C=O) groups is 1. The number of carbonyl (C=O) groups excluding carboxylic acids is 1. The van der Waals surface area contributed by atoms with E-state index in [0.29, 0.717) is 23.2 Å². The zero-order valence-electron chi connectivity index (χ0n) is 11.6. The number of aryl methyl sites for hydroxylation is 1. The van der Waals surface area contributed by atoms with E-state index in [1.54, 1.807) is 39.3 Å². The number of anilines is 1. The molecule has 106 valence electrons. The number of nitrogens with one attached hydrogen (secondary N) is 2. The van der Waals surface area contributed by atoms with Crippen molar-refractivity contribution in [1.29, 1.82) is 0 Å². The van der Waals surface area contributed by atoms with Gasteiger partial charge in [-0.1, -0.05) is 6.92 Å². The number of benzene rings is 1. The molecule has 0 aliphatic rings. The number of aromatic nitrogens is 2. The summed E-state index contributed by atoms with van der Waals surface area (Å²) < 4.78 is 6.59. The van der Waals surface area contributed by atoms with Crippen LogP contribution >= 0.6 is 0 Å². The van der Waals surface area contributed by atoms with E-state index in [2.05, 4.69) is 15.8 Å². The zero-order valence-corrected chi connectivity index (χ0v) is 11.6. The van der Waals surface area contributed by atoms with Gasteiger partial charge in [0.15, 0.2) is 0 Å². The van der Waals surface area contributed by atoms with E-state index in [1.165, 1.54) is 4.57 Å². The largest absolute Gasteiger partial charge is 0.497 e. The molecule has 7 nitrogen and oxygen atoms in total. The average Bonchev–Trinajstić information content (AvgIpc) is 2.48. The summed E-state index contributed by atoms with van der Waals surface area (Å²) in [5, 5.41) is 0. The van der Waals surface area contributed by atoms with Gasteiger partial charge in [-0.15, -0.1) is 0 Å². The Morgan fingerprint density at radius 1 is 1.45 bits per heavy atom. The Morgan fingerprint density at radius 2 is 2.20 bits per heavy atom. The van der Waals surface area contributed by atoms with Crippen molar-refractivity contribution < 1.29 is 9.53 Å². The lowest BCUT2D eigenvalue weighted by molar-refractivity contribution is -0.120. The van der Waals surface area contributed by atoms with Gasteiger partial charge in [0.05, 0.1) is 18.1 Å². The molecule has 1 aromatic carbocycles. The van der Waals surface area contributed by atoms with E-state index in [0.717, 1.165) is 0 Å². The first-order valence-electron chi connectivity index (χ1n) is 6.16. The van der Waals surface area contributed by atoms with Crippen molar-refractivity contribution in [3.63, 3.8) is 0 Å². The predicted molar refractivity (Wildman–Crippen MR) is 75.6 cm³/mol. The number of amides is 1. The summed E-state index contributed by atoms with van der Waals surface area (Å²) in [5.41, 5.74) is 5.92. The molecule has 0 saturated carbocycles. The number of methoxy groups -OCH3 is 1. The van der Waals surface area contributed by atoms with E-state index in [-0.39, 0.29) is 17.3 Å². The highest BCUT2D eigenvalue weighted by atomic mass is 16.5. The molecule has 0 spiro atoms. The van der Waals surface area contributed by atoms with Crippen LogP contribution in [0.4, 0.5) is 5.82 Å². The number of fused-ring (bicyclic) bond motifs is 1. The van der Waals surface area contributed by atoms with Gasteiger partial charge in [0.25, 0.3) is 5.56 Å². The van der Waals surface area contributed by atoms with Crippen LogP contribution in [0.25, 0.3) is 11.0 Å². The molecule has 1 heterocycles. The summed E-state index contributed by atoms with van der Waals surface area (Å²) in [5.74, 6) is 0.488. The molecule has 2 aromatic rings. The summed E-state index contributed by atoms with van der Waals surface area (Å²) in [7, 11) is 3.20. The fourth-order valence-corrected chi connectivity index (χ4v) is 1.74. The van der Waals surface area contributed by atoms with Gasteiger partial charge < -0.3 is 9.30 Å². The van der Waals surface area contributed by atoms with Crippen LogP contribution in [-0.4, -0.2) is 22.6 Å². The smallest absolute Gasteiger partial charge is 0.295 e.